The lowest BCUT2D eigenvalue weighted by molar-refractivity contribution is 0.102. The number of aryl methyl sites for hydroxylation is 1. The van der Waals surface area contributed by atoms with Gasteiger partial charge in [0.05, 0.1) is 26.1 Å². The first kappa shape index (κ1) is 30.6. The summed E-state index contributed by atoms with van der Waals surface area (Å²) in [5.74, 6) is -0.382. The number of carbonyl (C=O) groups is 1. The predicted octanol–water partition coefficient (Wildman–Crippen LogP) is 8.61. The Kier molecular flexibility index (Phi) is 8.52. The lowest BCUT2D eigenvalue weighted by Gasteiger charge is -2.13. The molecule has 0 saturated heterocycles. The van der Waals surface area contributed by atoms with Gasteiger partial charge in [-0.3, -0.25) is 14.8 Å². The normalized spacial score (nSPS) is 12.0. The molecule has 3 aromatic heterocycles. The third kappa shape index (κ3) is 6.67. The maximum Gasteiger partial charge on any atom is 0.255 e. The van der Waals surface area contributed by atoms with E-state index in [1.165, 1.54) is 18.6 Å². The number of sulfone groups is 1. The number of thiazole rings is 1. The van der Waals surface area contributed by atoms with Crippen LogP contribution in [-0.4, -0.2) is 35.5 Å². The number of nitrogens with zero attached hydrogens (tertiary/aromatic N) is 3. The quantitative estimate of drug-likeness (QED) is 0.171. The van der Waals surface area contributed by atoms with Crippen LogP contribution in [0.15, 0.2) is 102 Å². The van der Waals surface area contributed by atoms with Crippen LogP contribution in [0, 0.1) is 6.92 Å². The number of pyridine rings is 2. The van der Waals surface area contributed by atoms with Crippen LogP contribution in [0.5, 0.6) is 0 Å². The summed E-state index contributed by atoms with van der Waals surface area (Å²) in [5.41, 5.74) is 5.62. The smallest absolute Gasteiger partial charge is 0.255 e. The Morgan fingerprint density at radius 3 is 2.33 bits per heavy atom. The highest BCUT2D eigenvalue weighted by Gasteiger charge is 2.17. The van der Waals surface area contributed by atoms with Crippen molar-refractivity contribution < 1.29 is 13.2 Å². The molecule has 3 aromatic carbocycles. The molecule has 0 fully saturated rings. The van der Waals surface area contributed by atoms with E-state index in [9.17, 15) is 13.2 Å². The van der Waals surface area contributed by atoms with Crippen molar-refractivity contribution in [3.05, 3.63) is 134 Å². The molecule has 6 aromatic rings. The van der Waals surface area contributed by atoms with Crippen molar-refractivity contribution in [1.82, 2.24) is 15.0 Å². The molecular weight excluding hydrogens is 647 g/mol. The van der Waals surface area contributed by atoms with E-state index in [4.69, 9.17) is 23.2 Å². The second kappa shape index (κ2) is 12.5. The van der Waals surface area contributed by atoms with Crippen molar-refractivity contribution in [2.75, 3.05) is 11.6 Å². The van der Waals surface area contributed by atoms with Crippen LogP contribution in [0.25, 0.3) is 33.7 Å². The summed E-state index contributed by atoms with van der Waals surface area (Å²) in [6.07, 6.45) is 9.58. The Bertz CT molecular complexity index is 2210. The van der Waals surface area contributed by atoms with E-state index >= 15 is 0 Å². The molecule has 1 amide bonds. The molecule has 1 N–H and O–H groups in total. The van der Waals surface area contributed by atoms with Gasteiger partial charge in [-0.25, -0.2) is 13.4 Å². The third-order valence-corrected chi connectivity index (χ3v) is 9.66. The van der Waals surface area contributed by atoms with Crippen molar-refractivity contribution in [3.63, 3.8) is 0 Å². The van der Waals surface area contributed by atoms with Gasteiger partial charge in [-0.1, -0.05) is 59.6 Å². The minimum atomic E-state index is -3.33. The topological polar surface area (TPSA) is 102 Å². The number of hydrogen-bond acceptors (Lipinski definition) is 7. The van der Waals surface area contributed by atoms with E-state index < -0.39 is 9.84 Å². The summed E-state index contributed by atoms with van der Waals surface area (Å²) in [6.45, 7) is 1.99. The minimum absolute atomic E-state index is 0.232. The van der Waals surface area contributed by atoms with Gasteiger partial charge in [0, 0.05) is 58.0 Å². The molecule has 0 unspecified atom stereocenters. The molecule has 11 heteroatoms. The number of nitrogens with one attached hydrogen (secondary N) is 1. The largest absolute Gasteiger partial charge is 0.319 e. The van der Waals surface area contributed by atoms with Gasteiger partial charge >= 0.3 is 0 Å². The van der Waals surface area contributed by atoms with Gasteiger partial charge < -0.3 is 5.32 Å². The van der Waals surface area contributed by atoms with E-state index in [-0.39, 0.29) is 26.5 Å². The van der Waals surface area contributed by atoms with Gasteiger partial charge in [0.25, 0.3) is 5.91 Å². The fraction of sp³-hybridized carbons (Fsp3) is 0.0588. The highest BCUT2D eigenvalue weighted by molar-refractivity contribution is 7.90. The number of benzene rings is 3. The van der Waals surface area contributed by atoms with Crippen LogP contribution in [0.4, 0.5) is 5.69 Å². The lowest BCUT2D eigenvalue weighted by atomic mass is 9.96. The zero-order valence-electron chi connectivity index (χ0n) is 24.0. The fourth-order valence-electron chi connectivity index (χ4n) is 4.85. The van der Waals surface area contributed by atoms with Crippen molar-refractivity contribution in [2.24, 2.45) is 0 Å². The van der Waals surface area contributed by atoms with Gasteiger partial charge in [-0.2, -0.15) is 0 Å². The lowest BCUT2D eigenvalue weighted by Crippen LogP contribution is -2.13. The monoisotopic (exact) mass is 670 g/mol. The predicted molar refractivity (Wildman–Crippen MR) is 183 cm³/mol. The summed E-state index contributed by atoms with van der Waals surface area (Å²) in [6, 6.07) is 22.0. The molecular formula is C34H24Cl2N4O3S2. The van der Waals surface area contributed by atoms with E-state index in [0.717, 1.165) is 48.6 Å². The Morgan fingerprint density at radius 2 is 1.64 bits per heavy atom. The number of halogens is 2. The molecule has 0 aliphatic rings. The summed E-state index contributed by atoms with van der Waals surface area (Å²) in [7, 11) is -3.33. The van der Waals surface area contributed by atoms with Crippen molar-refractivity contribution in [3.8, 4) is 11.1 Å². The molecule has 0 bridgehead atoms. The molecule has 0 saturated carbocycles. The molecule has 6 rings (SSSR count). The number of anilines is 1. The zero-order valence-corrected chi connectivity index (χ0v) is 27.1. The first-order valence-corrected chi connectivity index (χ1v) is 17.1. The molecule has 224 valence electrons. The Balaban J connectivity index is 1.44. The first-order valence-electron chi connectivity index (χ1n) is 13.6. The zero-order chi connectivity index (χ0) is 31.7. The van der Waals surface area contributed by atoms with E-state index in [1.54, 1.807) is 53.9 Å². The summed E-state index contributed by atoms with van der Waals surface area (Å²) >= 11 is 14.1. The van der Waals surface area contributed by atoms with Crippen LogP contribution < -0.4 is 5.32 Å². The number of amides is 1. The molecule has 3 heterocycles. The maximum absolute atomic E-state index is 13.4. The average molecular weight is 672 g/mol. The Morgan fingerprint density at radius 1 is 0.889 bits per heavy atom. The molecule has 45 heavy (non-hydrogen) atoms. The van der Waals surface area contributed by atoms with Gasteiger partial charge in [-0.05, 0) is 66.1 Å². The van der Waals surface area contributed by atoms with Crippen LogP contribution in [0.3, 0.4) is 0 Å². The van der Waals surface area contributed by atoms with Crippen LogP contribution in [-0.2, 0) is 9.84 Å². The Hall–Kier alpha value is -4.41. The number of carbonyl (C=O) groups excluding carboxylic acids is 1. The maximum atomic E-state index is 13.4. The average Bonchev–Trinajstić information content (AvgIpc) is 3.46. The highest BCUT2D eigenvalue weighted by atomic mass is 35.5. The standard InChI is InChI=1S/C34H24Cl2N4O3S2/c1-20-17-39-34(44-20)28(22-8-10-26(11-9-22)45(2,42)43)14-21-5-3-6-23(13-21)27-16-25(15-24-7-4-12-38-31(24)27)33(41)40-32-29(35)18-37-19-30(32)36/h3-19H,1-2H3,(H,37,40,41)/b28-14+. The number of hydrogen-bond donors (Lipinski definition) is 1. The molecule has 0 radical (unpaired) electrons. The second-order valence-corrected chi connectivity index (χ2v) is 14.4. The molecule has 0 aliphatic carbocycles. The van der Waals surface area contributed by atoms with E-state index in [2.05, 4.69) is 20.3 Å². The van der Waals surface area contributed by atoms with Gasteiger partial charge in [-0.15, -0.1) is 11.3 Å². The molecule has 0 spiro atoms. The molecule has 0 aliphatic heterocycles. The van der Waals surface area contributed by atoms with Crippen molar-refractivity contribution >= 4 is 78.5 Å². The van der Waals surface area contributed by atoms with E-state index in [0.29, 0.717) is 5.56 Å². The Labute approximate surface area is 274 Å². The third-order valence-electron chi connectivity index (χ3n) is 7.01. The van der Waals surface area contributed by atoms with Gasteiger partial charge in [0.2, 0.25) is 0 Å². The van der Waals surface area contributed by atoms with Gasteiger partial charge in [0.1, 0.15) is 5.01 Å². The summed E-state index contributed by atoms with van der Waals surface area (Å²) in [4.78, 5) is 27.9. The summed E-state index contributed by atoms with van der Waals surface area (Å²) in [5, 5.41) is 4.87. The second-order valence-electron chi connectivity index (χ2n) is 10.3. The minimum Gasteiger partial charge on any atom is -0.319 e. The highest BCUT2D eigenvalue weighted by Crippen LogP contribution is 2.34. The summed E-state index contributed by atoms with van der Waals surface area (Å²) < 4.78 is 24.1. The number of rotatable bonds is 7. The number of fused-ring (bicyclic) bond motifs is 1. The fourth-order valence-corrected chi connectivity index (χ4v) is 6.74. The number of aromatic nitrogens is 3. The van der Waals surface area contributed by atoms with E-state index in [1.807, 2.05) is 55.6 Å². The van der Waals surface area contributed by atoms with Crippen LogP contribution >= 0.6 is 34.5 Å². The first-order chi connectivity index (χ1) is 21.6. The molecule has 0 atom stereocenters. The van der Waals surface area contributed by atoms with Gasteiger partial charge in [0.15, 0.2) is 9.84 Å². The van der Waals surface area contributed by atoms with Crippen molar-refractivity contribution in [2.45, 2.75) is 11.8 Å². The van der Waals surface area contributed by atoms with Crippen LogP contribution in [0.2, 0.25) is 10.0 Å². The van der Waals surface area contributed by atoms with Crippen molar-refractivity contribution in [1.29, 1.82) is 0 Å². The molecule has 7 nitrogen and oxygen atoms in total. The SMILES string of the molecule is Cc1cnc(/C(=C/c2cccc(-c3cc(C(=O)Nc4c(Cl)cncc4Cl)cc4cccnc34)c2)c2ccc(S(C)(=O)=O)cc2)s1. The van der Waals surface area contributed by atoms with Crippen LogP contribution in [0.1, 0.15) is 31.4 Å².